The van der Waals surface area contributed by atoms with E-state index in [1.165, 1.54) is 22.7 Å². The van der Waals surface area contributed by atoms with Crippen LogP contribution in [-0.2, 0) is 21.5 Å². The zero-order chi connectivity index (χ0) is 19.3. The minimum Gasteiger partial charge on any atom is -0.324 e. The van der Waals surface area contributed by atoms with E-state index in [0.717, 1.165) is 16.6 Å². The molecule has 1 N–H and O–H groups in total. The zero-order valence-electron chi connectivity index (χ0n) is 15.2. The fourth-order valence-corrected chi connectivity index (χ4v) is 4.39. The molecule has 0 unspecified atom stereocenters. The van der Waals surface area contributed by atoms with E-state index in [-0.39, 0.29) is 12.5 Å². The highest BCUT2D eigenvalue weighted by Crippen LogP contribution is 2.41. The molecule has 1 amide bonds. The summed E-state index contributed by atoms with van der Waals surface area (Å²) in [5, 5.41) is 2.88. The quantitative estimate of drug-likeness (QED) is 0.748. The highest BCUT2D eigenvalue weighted by Gasteiger charge is 2.36. The summed E-state index contributed by atoms with van der Waals surface area (Å²) in [6, 6.07) is 11.0. The lowest BCUT2D eigenvalue weighted by molar-refractivity contribution is -0.116. The normalized spacial score (nSPS) is 15.2. The Hall–Kier alpha value is -3.07. The summed E-state index contributed by atoms with van der Waals surface area (Å²) < 4.78 is 28.8. The molecule has 2 heterocycles. The Labute approximate surface area is 157 Å². The number of fused-ring (bicyclic) bond motifs is 2. The first-order valence-corrected chi connectivity index (χ1v) is 9.76. The number of aryl methyl sites for hydroxylation is 1. The Morgan fingerprint density at radius 2 is 1.78 bits per heavy atom. The van der Waals surface area contributed by atoms with Crippen molar-refractivity contribution in [2.75, 3.05) is 28.0 Å². The van der Waals surface area contributed by atoms with Gasteiger partial charge in [0.05, 0.1) is 28.7 Å². The van der Waals surface area contributed by atoms with Gasteiger partial charge in [-0.15, -0.1) is 0 Å². The number of para-hydroxylation sites is 2. The van der Waals surface area contributed by atoms with E-state index in [2.05, 4.69) is 10.3 Å². The number of carbonyl (C=O) groups is 1. The molecule has 8 nitrogen and oxygen atoms in total. The van der Waals surface area contributed by atoms with Crippen molar-refractivity contribution in [2.24, 2.45) is 0 Å². The first-order chi connectivity index (χ1) is 12.8. The number of nitrogens with one attached hydrogen (secondary N) is 1. The molecule has 1 aliphatic rings. The van der Waals surface area contributed by atoms with Crippen LogP contribution < -0.4 is 13.9 Å². The van der Waals surface area contributed by atoms with Crippen molar-refractivity contribution >= 4 is 44.2 Å². The SMILES string of the molecule is Cc1cc2c(cc1NC(=O)Cn1cnc3ccccc31)N(C)S(=O)(=O)N2C. The van der Waals surface area contributed by atoms with Gasteiger partial charge in [-0.05, 0) is 36.8 Å². The third kappa shape index (κ3) is 2.71. The predicted octanol–water partition coefficient (Wildman–Crippen LogP) is 2.11. The molecule has 0 fully saturated rings. The maximum Gasteiger partial charge on any atom is 0.326 e. The van der Waals surface area contributed by atoms with Gasteiger partial charge in [-0.2, -0.15) is 8.42 Å². The summed E-state index contributed by atoms with van der Waals surface area (Å²) in [6.45, 7) is 1.95. The molecule has 0 aliphatic carbocycles. The molecule has 0 bridgehead atoms. The molecule has 4 rings (SSSR count). The largest absolute Gasteiger partial charge is 0.326 e. The van der Waals surface area contributed by atoms with Gasteiger partial charge in [0.2, 0.25) is 5.91 Å². The maximum absolute atomic E-state index is 12.5. The van der Waals surface area contributed by atoms with E-state index in [1.807, 2.05) is 31.2 Å². The van der Waals surface area contributed by atoms with Crippen LogP contribution in [0.3, 0.4) is 0 Å². The lowest BCUT2D eigenvalue weighted by Crippen LogP contribution is -2.32. The number of benzene rings is 2. The van der Waals surface area contributed by atoms with Crippen LogP contribution in [0.4, 0.5) is 17.1 Å². The van der Waals surface area contributed by atoms with Crippen LogP contribution in [0.1, 0.15) is 5.56 Å². The fraction of sp³-hybridized carbons (Fsp3) is 0.222. The molecule has 0 atom stereocenters. The molecule has 0 saturated carbocycles. The number of carbonyl (C=O) groups excluding carboxylic acids is 1. The van der Waals surface area contributed by atoms with Crippen LogP contribution in [0.2, 0.25) is 0 Å². The summed E-state index contributed by atoms with van der Waals surface area (Å²) in [4.78, 5) is 16.8. The van der Waals surface area contributed by atoms with E-state index < -0.39 is 10.2 Å². The fourth-order valence-electron chi connectivity index (χ4n) is 3.23. The van der Waals surface area contributed by atoms with Crippen molar-refractivity contribution in [2.45, 2.75) is 13.5 Å². The van der Waals surface area contributed by atoms with E-state index in [9.17, 15) is 13.2 Å². The summed E-state index contributed by atoms with van der Waals surface area (Å²) in [6.07, 6.45) is 1.63. The third-order valence-corrected chi connectivity index (χ3v) is 6.59. The molecule has 0 spiro atoms. The van der Waals surface area contributed by atoms with Crippen LogP contribution >= 0.6 is 0 Å². The topological polar surface area (TPSA) is 87.5 Å². The van der Waals surface area contributed by atoms with Crippen molar-refractivity contribution < 1.29 is 13.2 Å². The van der Waals surface area contributed by atoms with Gasteiger partial charge in [-0.3, -0.25) is 13.4 Å². The molecule has 2 aromatic carbocycles. The molecule has 0 radical (unpaired) electrons. The second-order valence-electron chi connectivity index (χ2n) is 6.51. The number of aromatic nitrogens is 2. The Kier molecular flexibility index (Phi) is 3.84. The number of imidazole rings is 1. The highest BCUT2D eigenvalue weighted by molar-refractivity contribution is 7.94. The van der Waals surface area contributed by atoms with Crippen LogP contribution in [0, 0.1) is 6.92 Å². The average Bonchev–Trinajstić information content (AvgIpc) is 3.10. The van der Waals surface area contributed by atoms with Crippen molar-refractivity contribution in [1.29, 1.82) is 0 Å². The lowest BCUT2D eigenvalue weighted by atomic mass is 10.1. The number of rotatable bonds is 3. The van der Waals surface area contributed by atoms with Gasteiger partial charge in [-0.1, -0.05) is 12.1 Å². The molecule has 3 aromatic rings. The molecular formula is C18H19N5O3S. The monoisotopic (exact) mass is 385 g/mol. The second-order valence-corrected chi connectivity index (χ2v) is 8.50. The summed E-state index contributed by atoms with van der Waals surface area (Å²) in [5.74, 6) is -0.210. The summed E-state index contributed by atoms with van der Waals surface area (Å²) in [7, 11) is -0.539. The van der Waals surface area contributed by atoms with E-state index >= 15 is 0 Å². The molecule has 1 aliphatic heterocycles. The maximum atomic E-state index is 12.5. The number of amides is 1. The Balaban J connectivity index is 1.60. The molecule has 0 saturated heterocycles. The smallest absolute Gasteiger partial charge is 0.324 e. The minimum absolute atomic E-state index is 0.116. The molecule has 1 aromatic heterocycles. The summed E-state index contributed by atoms with van der Waals surface area (Å²) >= 11 is 0. The van der Waals surface area contributed by atoms with Gasteiger partial charge in [0.1, 0.15) is 6.54 Å². The van der Waals surface area contributed by atoms with Crippen molar-refractivity contribution in [3.05, 3.63) is 48.3 Å². The summed E-state index contributed by atoms with van der Waals surface area (Å²) in [5.41, 5.74) is 4.20. The van der Waals surface area contributed by atoms with Gasteiger partial charge in [0.25, 0.3) is 0 Å². The number of anilines is 3. The van der Waals surface area contributed by atoms with Crippen LogP contribution in [-0.4, -0.2) is 38.0 Å². The average molecular weight is 385 g/mol. The molecule has 27 heavy (non-hydrogen) atoms. The Morgan fingerprint density at radius 3 is 2.52 bits per heavy atom. The minimum atomic E-state index is -3.55. The van der Waals surface area contributed by atoms with E-state index in [4.69, 9.17) is 0 Å². The van der Waals surface area contributed by atoms with Gasteiger partial charge in [0.15, 0.2) is 0 Å². The van der Waals surface area contributed by atoms with Gasteiger partial charge < -0.3 is 9.88 Å². The van der Waals surface area contributed by atoms with Gasteiger partial charge in [0, 0.05) is 19.8 Å². The van der Waals surface area contributed by atoms with Crippen LogP contribution in [0.25, 0.3) is 11.0 Å². The van der Waals surface area contributed by atoms with E-state index in [1.54, 1.807) is 23.0 Å². The molecular weight excluding hydrogens is 366 g/mol. The van der Waals surface area contributed by atoms with Gasteiger partial charge in [-0.25, -0.2) is 4.98 Å². The van der Waals surface area contributed by atoms with Crippen molar-refractivity contribution in [3.8, 4) is 0 Å². The third-order valence-electron chi connectivity index (χ3n) is 4.81. The van der Waals surface area contributed by atoms with E-state index in [0.29, 0.717) is 17.1 Å². The molecule has 9 heteroatoms. The standard InChI is InChI=1S/C18H19N5O3S/c1-12-8-16-17(22(3)27(25,26)21(16)2)9-14(12)20-18(24)10-23-11-19-13-6-4-5-7-15(13)23/h4-9,11H,10H2,1-3H3,(H,20,24). The highest BCUT2D eigenvalue weighted by atomic mass is 32.2. The lowest BCUT2D eigenvalue weighted by Gasteiger charge is -2.13. The Morgan fingerprint density at radius 1 is 1.11 bits per heavy atom. The Bertz CT molecular complexity index is 1170. The van der Waals surface area contributed by atoms with Crippen LogP contribution in [0.15, 0.2) is 42.7 Å². The second kappa shape index (κ2) is 5.98. The first-order valence-electron chi connectivity index (χ1n) is 8.36. The predicted molar refractivity (Wildman–Crippen MR) is 105 cm³/mol. The van der Waals surface area contributed by atoms with Crippen LogP contribution in [0.5, 0.6) is 0 Å². The first kappa shape index (κ1) is 17.3. The molecule has 140 valence electrons. The zero-order valence-corrected chi connectivity index (χ0v) is 16.0. The number of nitrogens with zero attached hydrogens (tertiary/aromatic N) is 4. The van der Waals surface area contributed by atoms with Crippen molar-refractivity contribution in [1.82, 2.24) is 9.55 Å². The number of hydrogen-bond donors (Lipinski definition) is 1. The van der Waals surface area contributed by atoms with Gasteiger partial charge >= 0.3 is 10.2 Å². The van der Waals surface area contributed by atoms with Crippen molar-refractivity contribution in [3.63, 3.8) is 0 Å². The number of hydrogen-bond acceptors (Lipinski definition) is 4.